The number of aliphatic imine (C=N–C) groups is 1. The summed E-state index contributed by atoms with van der Waals surface area (Å²) in [6, 6.07) is 6.36. The Labute approximate surface area is 186 Å². The molecule has 170 valence electrons. The summed E-state index contributed by atoms with van der Waals surface area (Å²) < 4.78 is 8.35. The van der Waals surface area contributed by atoms with Crippen LogP contribution in [0.25, 0.3) is 0 Å². The maximum absolute atomic E-state index is 6.11. The Hall–Kier alpha value is -2.57. The Morgan fingerprint density at radius 2 is 2.03 bits per heavy atom. The number of nitrogens with one attached hydrogen (secondary N) is 2. The molecular formula is C24H38N6O. The molecule has 0 radical (unpaired) electrons. The van der Waals surface area contributed by atoms with Gasteiger partial charge in [-0.1, -0.05) is 38.3 Å². The van der Waals surface area contributed by atoms with E-state index in [1.165, 1.54) is 37.7 Å². The van der Waals surface area contributed by atoms with Crippen molar-refractivity contribution in [3.05, 3.63) is 41.0 Å². The second-order valence-corrected chi connectivity index (χ2v) is 8.21. The molecule has 0 saturated heterocycles. The van der Waals surface area contributed by atoms with Gasteiger partial charge >= 0.3 is 0 Å². The molecule has 0 unspecified atom stereocenters. The Kier molecular flexibility index (Phi) is 9.18. The van der Waals surface area contributed by atoms with Crippen LogP contribution in [0.2, 0.25) is 0 Å². The number of ether oxygens (including phenoxy) is 1. The summed E-state index contributed by atoms with van der Waals surface area (Å²) in [4.78, 5) is 4.80. The van der Waals surface area contributed by atoms with Gasteiger partial charge in [-0.25, -0.2) is 4.99 Å². The average Bonchev–Trinajstić information content (AvgIpc) is 3.19. The van der Waals surface area contributed by atoms with Crippen LogP contribution in [0.3, 0.4) is 0 Å². The fourth-order valence-corrected chi connectivity index (χ4v) is 3.81. The lowest BCUT2D eigenvalue weighted by Crippen LogP contribution is -2.37. The van der Waals surface area contributed by atoms with Crippen LogP contribution in [0.5, 0.6) is 5.75 Å². The highest BCUT2D eigenvalue weighted by Gasteiger charge is 2.15. The zero-order valence-corrected chi connectivity index (χ0v) is 19.4. The Bertz CT molecular complexity index is 845. The number of hydrogen-bond donors (Lipinski definition) is 2. The molecule has 2 aromatic rings. The summed E-state index contributed by atoms with van der Waals surface area (Å²) in [6.45, 7) is 10.2. The Balaban J connectivity index is 1.61. The first kappa shape index (κ1) is 23.1. The quantitative estimate of drug-likeness (QED) is 0.321. The molecule has 1 aliphatic heterocycles. The van der Waals surface area contributed by atoms with Crippen LogP contribution < -0.4 is 15.4 Å². The minimum absolute atomic E-state index is 0.567. The van der Waals surface area contributed by atoms with Gasteiger partial charge in [0, 0.05) is 25.1 Å². The predicted octanol–water partition coefficient (Wildman–Crippen LogP) is 4.14. The van der Waals surface area contributed by atoms with E-state index in [2.05, 4.69) is 64.4 Å². The van der Waals surface area contributed by atoms with E-state index in [0.29, 0.717) is 13.1 Å². The van der Waals surface area contributed by atoms with E-state index < -0.39 is 0 Å². The molecule has 2 N–H and O–H groups in total. The zero-order valence-electron chi connectivity index (χ0n) is 19.4. The molecule has 31 heavy (non-hydrogen) atoms. The number of nitrogens with zero attached hydrogens (tertiary/aromatic N) is 4. The number of hydrogen-bond acceptors (Lipinski definition) is 4. The fraction of sp³-hybridized carbons (Fsp3) is 0.625. The van der Waals surface area contributed by atoms with Gasteiger partial charge in [-0.05, 0) is 44.7 Å². The van der Waals surface area contributed by atoms with Crippen molar-refractivity contribution in [1.29, 1.82) is 0 Å². The van der Waals surface area contributed by atoms with Crippen molar-refractivity contribution in [2.75, 3.05) is 13.2 Å². The van der Waals surface area contributed by atoms with Crippen LogP contribution in [0.4, 0.5) is 0 Å². The maximum Gasteiger partial charge on any atom is 0.191 e. The topological polar surface area (TPSA) is 76.4 Å². The summed E-state index contributed by atoms with van der Waals surface area (Å²) in [6.07, 6.45) is 8.24. The lowest BCUT2D eigenvalue weighted by atomic mass is 10.1. The van der Waals surface area contributed by atoms with Gasteiger partial charge in [0.25, 0.3) is 0 Å². The molecule has 0 atom stereocenters. The van der Waals surface area contributed by atoms with Crippen molar-refractivity contribution in [1.82, 2.24) is 25.4 Å². The summed E-state index contributed by atoms with van der Waals surface area (Å²) in [5.74, 6) is 3.81. The van der Waals surface area contributed by atoms with Gasteiger partial charge < -0.3 is 19.9 Å². The highest BCUT2D eigenvalue weighted by atomic mass is 16.5. The third-order valence-corrected chi connectivity index (χ3v) is 5.58. The van der Waals surface area contributed by atoms with E-state index in [1.54, 1.807) is 0 Å². The van der Waals surface area contributed by atoms with Crippen LogP contribution in [0.15, 0.2) is 23.2 Å². The number of aromatic nitrogens is 3. The molecule has 0 aliphatic carbocycles. The van der Waals surface area contributed by atoms with E-state index >= 15 is 0 Å². The molecule has 2 heterocycles. The van der Waals surface area contributed by atoms with Gasteiger partial charge in [-0.3, -0.25) is 0 Å². The standard InChI is InChI=1S/C24H38N6O/c1-4-6-7-10-15-31-21-16-19(3)12-13-20(21)17-26-24(25-5-2)27-18-23-29-28-22-11-8-9-14-30(22)23/h12-13,16H,4-11,14-15,17-18H2,1-3H3,(H2,25,26,27). The van der Waals surface area contributed by atoms with Gasteiger partial charge in [0.05, 0.1) is 19.7 Å². The Morgan fingerprint density at radius 1 is 1.13 bits per heavy atom. The van der Waals surface area contributed by atoms with Gasteiger partial charge in [0.15, 0.2) is 11.8 Å². The van der Waals surface area contributed by atoms with E-state index in [4.69, 9.17) is 9.73 Å². The summed E-state index contributed by atoms with van der Waals surface area (Å²) >= 11 is 0. The molecule has 0 spiro atoms. The van der Waals surface area contributed by atoms with Crippen LogP contribution in [-0.4, -0.2) is 33.9 Å². The van der Waals surface area contributed by atoms with Gasteiger partial charge in [0.1, 0.15) is 11.6 Å². The van der Waals surface area contributed by atoms with E-state index in [-0.39, 0.29) is 0 Å². The molecule has 7 nitrogen and oxygen atoms in total. The van der Waals surface area contributed by atoms with Gasteiger partial charge in [-0.15, -0.1) is 10.2 Å². The smallest absolute Gasteiger partial charge is 0.191 e. The maximum atomic E-state index is 6.11. The molecule has 0 amide bonds. The largest absolute Gasteiger partial charge is 0.493 e. The van der Waals surface area contributed by atoms with Gasteiger partial charge in [-0.2, -0.15) is 0 Å². The molecule has 0 saturated carbocycles. The summed E-state index contributed by atoms with van der Waals surface area (Å²) in [5.41, 5.74) is 2.32. The molecule has 3 rings (SSSR count). The molecule has 0 fully saturated rings. The molecular weight excluding hydrogens is 388 g/mol. The van der Waals surface area contributed by atoms with Crippen molar-refractivity contribution < 1.29 is 4.74 Å². The Morgan fingerprint density at radius 3 is 2.87 bits per heavy atom. The minimum Gasteiger partial charge on any atom is -0.493 e. The van der Waals surface area contributed by atoms with Crippen molar-refractivity contribution in [2.24, 2.45) is 4.99 Å². The normalized spacial score (nSPS) is 13.7. The number of benzene rings is 1. The second kappa shape index (κ2) is 12.3. The lowest BCUT2D eigenvalue weighted by Gasteiger charge is -2.16. The number of guanidine groups is 1. The molecule has 0 bridgehead atoms. The monoisotopic (exact) mass is 426 g/mol. The van der Waals surface area contributed by atoms with E-state index in [9.17, 15) is 0 Å². The highest BCUT2D eigenvalue weighted by Crippen LogP contribution is 2.22. The number of unbranched alkanes of at least 4 members (excludes halogenated alkanes) is 3. The van der Waals surface area contributed by atoms with Crippen LogP contribution in [0.1, 0.15) is 75.1 Å². The summed E-state index contributed by atoms with van der Waals surface area (Å²) in [5, 5.41) is 15.5. The summed E-state index contributed by atoms with van der Waals surface area (Å²) in [7, 11) is 0. The SMILES string of the molecule is CCCCCCOc1cc(C)ccc1CN=C(NCC)NCc1nnc2n1CCCC2. The first-order valence-electron chi connectivity index (χ1n) is 11.9. The number of aryl methyl sites for hydroxylation is 2. The molecule has 1 aromatic carbocycles. The highest BCUT2D eigenvalue weighted by molar-refractivity contribution is 5.79. The van der Waals surface area contributed by atoms with Crippen molar-refractivity contribution in [3.63, 3.8) is 0 Å². The van der Waals surface area contributed by atoms with Crippen molar-refractivity contribution in [2.45, 2.75) is 85.4 Å². The number of rotatable bonds is 11. The van der Waals surface area contributed by atoms with Gasteiger partial charge in [0.2, 0.25) is 0 Å². The fourth-order valence-electron chi connectivity index (χ4n) is 3.81. The molecule has 1 aliphatic rings. The van der Waals surface area contributed by atoms with E-state index in [0.717, 1.165) is 61.5 Å². The molecule has 1 aromatic heterocycles. The average molecular weight is 427 g/mol. The number of fused-ring (bicyclic) bond motifs is 1. The minimum atomic E-state index is 0.567. The third kappa shape index (κ3) is 6.97. The zero-order chi connectivity index (χ0) is 21.9. The molecule has 7 heteroatoms. The lowest BCUT2D eigenvalue weighted by molar-refractivity contribution is 0.302. The second-order valence-electron chi connectivity index (χ2n) is 8.21. The van der Waals surface area contributed by atoms with E-state index in [1.807, 2.05) is 0 Å². The third-order valence-electron chi connectivity index (χ3n) is 5.58. The van der Waals surface area contributed by atoms with Crippen LogP contribution in [-0.2, 0) is 26.1 Å². The first-order chi connectivity index (χ1) is 15.2. The van der Waals surface area contributed by atoms with Crippen molar-refractivity contribution in [3.8, 4) is 5.75 Å². The van der Waals surface area contributed by atoms with Crippen molar-refractivity contribution >= 4 is 5.96 Å². The van der Waals surface area contributed by atoms with Crippen LogP contribution in [0, 0.1) is 6.92 Å². The predicted molar refractivity (Wildman–Crippen MR) is 125 cm³/mol. The first-order valence-corrected chi connectivity index (χ1v) is 11.9. The van der Waals surface area contributed by atoms with Crippen LogP contribution >= 0.6 is 0 Å².